The monoisotopic (exact) mass is 675 g/mol. The molecule has 11 nitrogen and oxygen atoms in total. The first-order chi connectivity index (χ1) is 22.6. The summed E-state index contributed by atoms with van der Waals surface area (Å²) in [7, 11) is 0. The maximum absolute atomic E-state index is 16.5. The Bertz CT molecular complexity index is 1450. The van der Waals surface area contributed by atoms with Crippen LogP contribution in [0.15, 0.2) is 49.6 Å². The average Bonchev–Trinajstić information content (AvgIpc) is 3.27. The third-order valence-corrected chi connectivity index (χ3v) is 11.2. The van der Waals surface area contributed by atoms with Crippen LogP contribution >= 0.6 is 0 Å². The molecule has 48 heavy (non-hydrogen) atoms. The summed E-state index contributed by atoms with van der Waals surface area (Å²) < 4.78 is 62.7. The molecule has 9 atom stereocenters. The second kappa shape index (κ2) is 13.1. The van der Waals surface area contributed by atoms with Gasteiger partial charge >= 0.3 is 24.2 Å². The molecule has 5 rings (SSSR count). The number of carbonyl (C=O) groups is 4. The second-order valence-electron chi connectivity index (χ2n) is 13.8. The van der Waals surface area contributed by atoms with Crippen LogP contribution in [0.1, 0.15) is 58.9 Å². The third kappa shape index (κ3) is 5.94. The predicted molar refractivity (Wildman–Crippen MR) is 165 cm³/mol. The van der Waals surface area contributed by atoms with Crippen LogP contribution in [-0.4, -0.2) is 67.1 Å². The number of esters is 2. The Balaban J connectivity index is 1.38. The maximum Gasteiger partial charge on any atom is 0.511 e. The molecule has 1 N–H and O–H groups in total. The van der Waals surface area contributed by atoms with E-state index in [-0.39, 0.29) is 37.1 Å². The lowest BCUT2D eigenvalue weighted by atomic mass is 9.70. The zero-order valence-corrected chi connectivity index (χ0v) is 27.6. The molecule has 0 aromatic heterocycles. The Morgan fingerprint density at radius 3 is 2.25 bits per heavy atom. The highest BCUT2D eigenvalue weighted by Gasteiger charge is 2.87. The molecule has 4 aliphatic carbocycles. The smallest absolute Gasteiger partial charge is 0.459 e. The predicted octanol–water partition coefficient (Wildman–Crippen LogP) is 5.71. The SMILES string of the molecule is C=CCOC(=O)N[C@@]1(C(=O)OC(C)OC(=O)O[C@H]2C[C@H]3CC[C@]2(C)C3(C)C)[C@H](OCc2ccc(F)cc2)C[C@@H]2[C@H]1[C@@]2(F)C(=O)OCC=C. The Morgan fingerprint density at radius 2 is 1.65 bits per heavy atom. The number of rotatable bonds is 13. The molecule has 1 unspecified atom stereocenters. The maximum atomic E-state index is 16.5. The number of amides is 1. The number of ether oxygens (including phenoxy) is 6. The highest BCUT2D eigenvalue weighted by molar-refractivity contribution is 5.94. The van der Waals surface area contributed by atoms with Gasteiger partial charge in [-0.2, -0.15) is 0 Å². The van der Waals surface area contributed by atoms with Crippen molar-refractivity contribution in [3.05, 3.63) is 61.0 Å². The van der Waals surface area contributed by atoms with Gasteiger partial charge in [0.25, 0.3) is 0 Å². The summed E-state index contributed by atoms with van der Waals surface area (Å²) in [5.41, 5.74) is -4.81. The molecule has 1 amide bonds. The number of fused-ring (bicyclic) bond motifs is 3. The number of nitrogens with one attached hydrogen (secondary N) is 1. The Labute approximate surface area is 278 Å². The first-order valence-electron chi connectivity index (χ1n) is 16.1. The molecule has 13 heteroatoms. The number of carbonyl (C=O) groups excluding carboxylic acids is 4. The highest BCUT2D eigenvalue weighted by atomic mass is 19.1. The fourth-order valence-electron chi connectivity index (χ4n) is 8.17. The number of hydrogen-bond donors (Lipinski definition) is 1. The molecule has 0 aliphatic heterocycles. The summed E-state index contributed by atoms with van der Waals surface area (Å²) in [6, 6.07) is 5.36. The molecule has 0 saturated heterocycles. The van der Waals surface area contributed by atoms with Crippen LogP contribution in [0.4, 0.5) is 18.4 Å². The van der Waals surface area contributed by atoms with E-state index in [1.807, 2.05) is 0 Å². The Kier molecular flexibility index (Phi) is 9.66. The molecule has 2 bridgehead atoms. The summed E-state index contributed by atoms with van der Waals surface area (Å²) in [6.45, 7) is 13.9. The highest BCUT2D eigenvalue weighted by Crippen LogP contribution is 2.69. The summed E-state index contributed by atoms with van der Waals surface area (Å²) in [5, 5.41) is 2.42. The molecule has 0 radical (unpaired) electrons. The molecular formula is C35H43F2NO10. The van der Waals surface area contributed by atoms with E-state index in [1.54, 1.807) is 0 Å². The van der Waals surface area contributed by atoms with Crippen molar-refractivity contribution in [3.8, 4) is 0 Å². The van der Waals surface area contributed by atoms with Crippen LogP contribution in [0.5, 0.6) is 0 Å². The van der Waals surface area contributed by atoms with Crippen molar-refractivity contribution in [1.29, 1.82) is 0 Å². The second-order valence-corrected chi connectivity index (χ2v) is 13.8. The Hall–Kier alpha value is -4.00. The van der Waals surface area contributed by atoms with Crippen molar-refractivity contribution in [2.75, 3.05) is 13.2 Å². The van der Waals surface area contributed by atoms with Gasteiger partial charge in [0.05, 0.1) is 12.7 Å². The fraction of sp³-hybridized carbons (Fsp3) is 0.600. The zero-order chi connectivity index (χ0) is 35.1. The summed E-state index contributed by atoms with van der Waals surface area (Å²) >= 11 is 0. The lowest BCUT2D eigenvalue weighted by Crippen LogP contribution is -2.65. The van der Waals surface area contributed by atoms with Crippen LogP contribution < -0.4 is 5.32 Å². The zero-order valence-electron chi connectivity index (χ0n) is 27.6. The summed E-state index contributed by atoms with van der Waals surface area (Å²) in [6.07, 6.45) is -0.441. The van der Waals surface area contributed by atoms with Crippen LogP contribution in [-0.2, 0) is 44.6 Å². The van der Waals surface area contributed by atoms with E-state index in [2.05, 4.69) is 39.2 Å². The standard InChI is InChI=1S/C35H43F2NO10/c1-7-15-43-28(39)34(37)24-18-26(45-19-21-9-11-23(36)12-10-21)35(27(24)34,38-30(41)44-16-8-2)29(40)46-20(3)47-31(42)48-25-17-22-13-14-33(25,6)32(22,4)5/h7-12,20,22,24-27H,1-2,13-19H2,3-6H3,(H,38,41)/t20?,22-,24-,25+,26-,27+,33+,34-,35+/m1/s1. The number of benzene rings is 1. The molecule has 4 fully saturated rings. The van der Waals surface area contributed by atoms with Crippen molar-refractivity contribution in [2.24, 2.45) is 28.6 Å². The molecular weight excluding hydrogens is 632 g/mol. The third-order valence-electron chi connectivity index (χ3n) is 11.2. The van der Waals surface area contributed by atoms with E-state index in [1.165, 1.54) is 43.3 Å². The van der Waals surface area contributed by atoms with E-state index in [9.17, 15) is 23.6 Å². The van der Waals surface area contributed by atoms with Crippen molar-refractivity contribution < 1.29 is 56.4 Å². The number of alkyl halides is 1. The van der Waals surface area contributed by atoms with E-state index >= 15 is 4.39 Å². The largest absolute Gasteiger partial charge is 0.511 e. The Morgan fingerprint density at radius 1 is 0.979 bits per heavy atom. The minimum atomic E-state index is -2.70. The van der Waals surface area contributed by atoms with Crippen molar-refractivity contribution in [1.82, 2.24) is 5.32 Å². The van der Waals surface area contributed by atoms with Gasteiger partial charge in [-0.25, -0.2) is 28.0 Å². The van der Waals surface area contributed by atoms with Gasteiger partial charge in [0.15, 0.2) is 5.54 Å². The first-order valence-corrected chi connectivity index (χ1v) is 16.1. The van der Waals surface area contributed by atoms with Gasteiger partial charge < -0.3 is 33.7 Å². The van der Waals surface area contributed by atoms with Gasteiger partial charge in [-0.1, -0.05) is 58.2 Å². The number of hydrogen-bond acceptors (Lipinski definition) is 10. The van der Waals surface area contributed by atoms with Crippen LogP contribution in [0.3, 0.4) is 0 Å². The van der Waals surface area contributed by atoms with E-state index in [0.29, 0.717) is 17.9 Å². The lowest BCUT2D eigenvalue weighted by molar-refractivity contribution is -0.186. The minimum absolute atomic E-state index is 0.0355. The molecule has 4 saturated carbocycles. The van der Waals surface area contributed by atoms with E-state index in [0.717, 1.165) is 12.8 Å². The van der Waals surface area contributed by atoms with E-state index in [4.69, 9.17) is 28.4 Å². The molecule has 0 spiro atoms. The molecule has 4 aliphatic rings. The van der Waals surface area contributed by atoms with Gasteiger partial charge in [0.2, 0.25) is 12.0 Å². The van der Waals surface area contributed by atoms with Gasteiger partial charge in [-0.3, -0.25) is 0 Å². The molecule has 1 aromatic carbocycles. The van der Waals surface area contributed by atoms with E-state index < -0.39 is 71.5 Å². The number of alkyl carbamates (subject to hydrolysis) is 1. The van der Waals surface area contributed by atoms with Gasteiger partial charge in [-0.05, 0) is 54.7 Å². The van der Waals surface area contributed by atoms with Gasteiger partial charge in [0.1, 0.15) is 25.1 Å². The number of halogens is 2. The van der Waals surface area contributed by atoms with Crippen LogP contribution in [0.2, 0.25) is 0 Å². The lowest BCUT2D eigenvalue weighted by Gasteiger charge is -2.38. The summed E-state index contributed by atoms with van der Waals surface area (Å²) in [4.78, 5) is 53.0. The minimum Gasteiger partial charge on any atom is -0.459 e. The van der Waals surface area contributed by atoms with Crippen LogP contribution in [0.25, 0.3) is 0 Å². The van der Waals surface area contributed by atoms with Crippen molar-refractivity contribution >= 4 is 24.2 Å². The van der Waals surface area contributed by atoms with Gasteiger partial charge in [0, 0.05) is 24.2 Å². The summed E-state index contributed by atoms with van der Waals surface area (Å²) in [5.74, 6) is -5.19. The molecule has 262 valence electrons. The topological polar surface area (TPSA) is 136 Å². The quantitative estimate of drug-likeness (QED) is 0.120. The van der Waals surface area contributed by atoms with Crippen molar-refractivity contribution in [3.63, 3.8) is 0 Å². The van der Waals surface area contributed by atoms with Crippen molar-refractivity contribution in [2.45, 2.75) is 89.7 Å². The molecule has 1 aromatic rings. The molecule has 0 heterocycles. The van der Waals surface area contributed by atoms with Crippen LogP contribution in [0, 0.1) is 34.4 Å². The van der Waals surface area contributed by atoms with Gasteiger partial charge in [-0.15, -0.1) is 0 Å². The average molecular weight is 676 g/mol. The normalized spacial score (nSPS) is 34.2. The fourth-order valence-corrected chi connectivity index (χ4v) is 8.17. The first kappa shape index (κ1) is 35.3.